The van der Waals surface area contributed by atoms with Crippen molar-refractivity contribution in [1.82, 2.24) is 5.32 Å². The van der Waals surface area contributed by atoms with E-state index in [9.17, 15) is 9.18 Å². The molecule has 0 aliphatic heterocycles. The molecule has 0 bridgehead atoms. The number of rotatable bonds is 3. The van der Waals surface area contributed by atoms with E-state index in [1.54, 1.807) is 24.3 Å². The smallest absolute Gasteiger partial charge is 0.254 e. The molecule has 0 aliphatic carbocycles. The summed E-state index contributed by atoms with van der Waals surface area (Å²) in [4.78, 5) is 12.2. The molecule has 1 amide bonds. The Morgan fingerprint density at radius 2 is 1.85 bits per heavy atom. The van der Waals surface area contributed by atoms with E-state index in [-0.39, 0.29) is 5.56 Å². The molecular weight excluding hydrogens is 277 g/mol. The molecule has 104 valence electrons. The standard InChI is InChI=1S/C16H15ClFNO/c1-16(2,11-6-5-7-12(17)10-11)19-15(20)13-8-3-4-9-14(13)18/h3-10H,1-2H3,(H,19,20). The summed E-state index contributed by atoms with van der Waals surface area (Å²) in [6.45, 7) is 3.69. The Hall–Kier alpha value is -1.87. The first kappa shape index (κ1) is 14.5. The maximum atomic E-state index is 13.6. The van der Waals surface area contributed by atoms with E-state index in [4.69, 9.17) is 11.6 Å². The highest BCUT2D eigenvalue weighted by Gasteiger charge is 2.24. The quantitative estimate of drug-likeness (QED) is 0.904. The van der Waals surface area contributed by atoms with Crippen LogP contribution in [0.5, 0.6) is 0 Å². The van der Waals surface area contributed by atoms with Gasteiger partial charge in [-0.2, -0.15) is 0 Å². The maximum Gasteiger partial charge on any atom is 0.254 e. The van der Waals surface area contributed by atoms with Crippen molar-refractivity contribution in [3.05, 3.63) is 70.5 Å². The van der Waals surface area contributed by atoms with Gasteiger partial charge in [-0.25, -0.2) is 4.39 Å². The van der Waals surface area contributed by atoms with Crippen LogP contribution in [0.15, 0.2) is 48.5 Å². The minimum Gasteiger partial charge on any atom is -0.343 e. The van der Waals surface area contributed by atoms with Crippen LogP contribution >= 0.6 is 11.6 Å². The second-order valence-electron chi connectivity index (χ2n) is 5.07. The van der Waals surface area contributed by atoms with Crippen LogP contribution < -0.4 is 5.32 Å². The Balaban J connectivity index is 2.24. The first-order valence-electron chi connectivity index (χ1n) is 6.23. The van der Waals surface area contributed by atoms with Gasteiger partial charge in [0.05, 0.1) is 11.1 Å². The number of benzene rings is 2. The Bertz CT molecular complexity index is 640. The normalized spacial score (nSPS) is 11.2. The summed E-state index contributed by atoms with van der Waals surface area (Å²) in [5.41, 5.74) is 0.238. The molecule has 1 N–H and O–H groups in total. The Labute approximate surface area is 122 Å². The third kappa shape index (κ3) is 3.17. The lowest BCUT2D eigenvalue weighted by molar-refractivity contribution is 0.0908. The SMILES string of the molecule is CC(C)(NC(=O)c1ccccc1F)c1cccc(Cl)c1. The Kier molecular flexibility index (Phi) is 4.09. The van der Waals surface area contributed by atoms with Crippen molar-refractivity contribution in [2.75, 3.05) is 0 Å². The maximum absolute atomic E-state index is 13.6. The van der Waals surface area contributed by atoms with Crippen LogP contribution in [0.4, 0.5) is 4.39 Å². The first-order chi connectivity index (χ1) is 9.40. The average molecular weight is 292 g/mol. The number of hydrogen-bond acceptors (Lipinski definition) is 1. The van der Waals surface area contributed by atoms with Crippen LogP contribution in [0.1, 0.15) is 29.8 Å². The fraction of sp³-hybridized carbons (Fsp3) is 0.188. The summed E-state index contributed by atoms with van der Waals surface area (Å²) in [6, 6.07) is 13.1. The highest BCUT2D eigenvalue weighted by molar-refractivity contribution is 6.30. The summed E-state index contributed by atoms with van der Waals surface area (Å²) in [5.74, 6) is -0.986. The number of nitrogens with one attached hydrogen (secondary N) is 1. The van der Waals surface area contributed by atoms with Crippen molar-refractivity contribution in [2.45, 2.75) is 19.4 Å². The molecule has 0 radical (unpaired) electrons. The van der Waals surface area contributed by atoms with Gasteiger partial charge in [-0.1, -0.05) is 35.9 Å². The van der Waals surface area contributed by atoms with Crippen molar-refractivity contribution in [3.8, 4) is 0 Å². The van der Waals surface area contributed by atoms with Gasteiger partial charge >= 0.3 is 0 Å². The van der Waals surface area contributed by atoms with Gasteiger partial charge < -0.3 is 5.32 Å². The second-order valence-corrected chi connectivity index (χ2v) is 5.51. The lowest BCUT2D eigenvalue weighted by Gasteiger charge is -2.27. The molecule has 2 rings (SSSR count). The minimum atomic E-state index is -0.649. The summed E-state index contributed by atoms with van der Waals surface area (Å²) < 4.78 is 13.6. The molecule has 2 aromatic rings. The van der Waals surface area contributed by atoms with Gasteiger partial charge in [0.2, 0.25) is 0 Å². The predicted octanol–water partition coefficient (Wildman–Crippen LogP) is 4.14. The molecule has 0 spiro atoms. The first-order valence-corrected chi connectivity index (χ1v) is 6.61. The number of amides is 1. The lowest BCUT2D eigenvalue weighted by Crippen LogP contribution is -2.41. The van der Waals surface area contributed by atoms with Gasteiger partial charge in [0.15, 0.2) is 0 Å². The van der Waals surface area contributed by atoms with Gasteiger partial charge in [0.25, 0.3) is 5.91 Å². The summed E-state index contributed by atoms with van der Waals surface area (Å²) >= 11 is 5.96. The average Bonchev–Trinajstić information content (AvgIpc) is 2.38. The van der Waals surface area contributed by atoms with Gasteiger partial charge in [0, 0.05) is 5.02 Å². The van der Waals surface area contributed by atoms with Gasteiger partial charge in [0.1, 0.15) is 5.82 Å². The summed E-state index contributed by atoms with van der Waals surface area (Å²) in [7, 11) is 0. The highest BCUT2D eigenvalue weighted by atomic mass is 35.5. The number of hydrogen-bond donors (Lipinski definition) is 1. The van der Waals surface area contributed by atoms with Gasteiger partial charge in [-0.3, -0.25) is 4.79 Å². The molecule has 0 atom stereocenters. The van der Waals surface area contributed by atoms with Gasteiger partial charge in [-0.15, -0.1) is 0 Å². The zero-order valence-electron chi connectivity index (χ0n) is 11.3. The summed E-state index contributed by atoms with van der Waals surface area (Å²) in [5, 5.41) is 3.41. The molecule has 0 fully saturated rings. The molecule has 20 heavy (non-hydrogen) atoms. The number of halogens is 2. The minimum absolute atomic E-state index is 0.0302. The van der Waals surface area contributed by atoms with E-state index >= 15 is 0 Å². The predicted molar refractivity (Wildman–Crippen MR) is 78.3 cm³/mol. The third-order valence-electron chi connectivity index (χ3n) is 3.09. The van der Waals surface area contributed by atoms with E-state index in [0.717, 1.165) is 5.56 Å². The largest absolute Gasteiger partial charge is 0.343 e. The zero-order chi connectivity index (χ0) is 14.8. The van der Waals surface area contributed by atoms with Crippen LogP contribution in [0.25, 0.3) is 0 Å². The second kappa shape index (κ2) is 5.63. The van der Waals surface area contributed by atoms with Crippen molar-refractivity contribution in [2.24, 2.45) is 0 Å². The van der Waals surface area contributed by atoms with Crippen molar-refractivity contribution >= 4 is 17.5 Å². The van der Waals surface area contributed by atoms with E-state index < -0.39 is 17.3 Å². The molecule has 0 aliphatic rings. The Morgan fingerprint density at radius 1 is 1.15 bits per heavy atom. The number of carbonyl (C=O) groups is 1. The Morgan fingerprint density at radius 3 is 2.50 bits per heavy atom. The lowest BCUT2D eigenvalue weighted by atomic mass is 9.94. The zero-order valence-corrected chi connectivity index (χ0v) is 12.0. The molecule has 0 heterocycles. The van der Waals surface area contributed by atoms with Crippen LogP contribution in [-0.2, 0) is 5.54 Å². The van der Waals surface area contributed by atoms with E-state index in [1.165, 1.54) is 12.1 Å². The van der Waals surface area contributed by atoms with Crippen molar-refractivity contribution in [1.29, 1.82) is 0 Å². The molecule has 0 saturated heterocycles. The summed E-state index contributed by atoms with van der Waals surface area (Å²) in [6.07, 6.45) is 0. The van der Waals surface area contributed by atoms with Crippen LogP contribution in [0, 0.1) is 5.82 Å². The number of carbonyl (C=O) groups excluding carboxylic acids is 1. The molecule has 4 heteroatoms. The van der Waals surface area contributed by atoms with Crippen LogP contribution in [0.3, 0.4) is 0 Å². The molecule has 0 aromatic heterocycles. The molecule has 0 unspecified atom stereocenters. The highest BCUT2D eigenvalue weighted by Crippen LogP contribution is 2.23. The molecule has 2 nitrogen and oxygen atoms in total. The monoisotopic (exact) mass is 291 g/mol. The van der Waals surface area contributed by atoms with Crippen LogP contribution in [-0.4, -0.2) is 5.91 Å². The third-order valence-corrected chi connectivity index (χ3v) is 3.33. The van der Waals surface area contributed by atoms with E-state index in [1.807, 2.05) is 26.0 Å². The van der Waals surface area contributed by atoms with E-state index in [2.05, 4.69) is 5.32 Å². The van der Waals surface area contributed by atoms with Crippen molar-refractivity contribution < 1.29 is 9.18 Å². The van der Waals surface area contributed by atoms with Crippen molar-refractivity contribution in [3.63, 3.8) is 0 Å². The fourth-order valence-corrected chi connectivity index (χ4v) is 2.14. The van der Waals surface area contributed by atoms with E-state index in [0.29, 0.717) is 5.02 Å². The fourth-order valence-electron chi connectivity index (χ4n) is 1.95. The molecular formula is C16H15ClFNO. The molecule has 2 aromatic carbocycles. The van der Waals surface area contributed by atoms with Crippen LogP contribution in [0.2, 0.25) is 5.02 Å². The van der Waals surface area contributed by atoms with Gasteiger partial charge in [-0.05, 0) is 43.7 Å². The molecule has 0 saturated carbocycles. The topological polar surface area (TPSA) is 29.1 Å².